The zero-order valence-corrected chi connectivity index (χ0v) is 16.0. The minimum Gasteiger partial charge on any atom is -0.478 e. The third-order valence-electron chi connectivity index (χ3n) is 5.71. The van der Waals surface area contributed by atoms with Crippen LogP contribution in [0.25, 0.3) is 5.57 Å². The number of aliphatic carboxylic acids is 1. The van der Waals surface area contributed by atoms with E-state index in [2.05, 4.69) is 13.0 Å². The summed E-state index contributed by atoms with van der Waals surface area (Å²) in [6, 6.07) is 21.7. The summed E-state index contributed by atoms with van der Waals surface area (Å²) in [4.78, 5) is 12.6. The van der Waals surface area contributed by atoms with Crippen molar-refractivity contribution in [1.29, 1.82) is 0 Å². The summed E-state index contributed by atoms with van der Waals surface area (Å²) in [5.74, 6) is 0.0930. The van der Waals surface area contributed by atoms with Gasteiger partial charge in [0.05, 0.1) is 5.57 Å². The number of hydrogen-bond acceptors (Lipinski definition) is 3. The van der Waals surface area contributed by atoms with Crippen LogP contribution >= 0.6 is 0 Å². The maximum Gasteiger partial charge on any atom is 0.333 e. The van der Waals surface area contributed by atoms with Gasteiger partial charge in [0.25, 0.3) is 0 Å². The highest BCUT2D eigenvalue weighted by Crippen LogP contribution is 2.50. The van der Waals surface area contributed by atoms with Gasteiger partial charge in [-0.15, -0.1) is 0 Å². The van der Waals surface area contributed by atoms with Crippen molar-refractivity contribution in [3.05, 3.63) is 100 Å². The number of fused-ring (bicyclic) bond motifs is 2. The first-order valence-electron chi connectivity index (χ1n) is 9.73. The van der Waals surface area contributed by atoms with Crippen molar-refractivity contribution in [3.8, 4) is 11.5 Å². The highest BCUT2D eigenvalue weighted by atomic mass is 16.7. The fraction of sp³-hybridized carbons (Fsp3) is 0.160. The van der Waals surface area contributed by atoms with Crippen LogP contribution in [-0.4, -0.2) is 17.9 Å². The molecule has 144 valence electrons. The number of carbonyl (C=O) groups is 1. The monoisotopic (exact) mass is 384 g/mol. The summed E-state index contributed by atoms with van der Waals surface area (Å²) in [6.07, 6.45) is 0.834. The third kappa shape index (κ3) is 2.71. The molecule has 1 aliphatic heterocycles. The molecule has 1 N–H and O–H groups in total. The van der Waals surface area contributed by atoms with Crippen LogP contribution in [0.15, 0.2) is 72.3 Å². The van der Waals surface area contributed by atoms with E-state index in [-0.39, 0.29) is 12.7 Å². The Morgan fingerprint density at radius 1 is 1.00 bits per heavy atom. The Morgan fingerprint density at radius 3 is 2.55 bits per heavy atom. The van der Waals surface area contributed by atoms with Gasteiger partial charge in [0.15, 0.2) is 11.5 Å². The zero-order chi connectivity index (χ0) is 20.0. The van der Waals surface area contributed by atoms with Crippen LogP contribution in [0.3, 0.4) is 0 Å². The van der Waals surface area contributed by atoms with Crippen molar-refractivity contribution in [2.24, 2.45) is 0 Å². The van der Waals surface area contributed by atoms with Crippen LogP contribution in [0.1, 0.15) is 40.7 Å². The second kappa shape index (κ2) is 6.82. The van der Waals surface area contributed by atoms with Gasteiger partial charge in [-0.3, -0.25) is 0 Å². The molecule has 0 saturated carbocycles. The summed E-state index contributed by atoms with van der Waals surface area (Å²) < 4.78 is 11.0. The molecule has 0 spiro atoms. The second-order valence-electron chi connectivity index (χ2n) is 7.24. The fourth-order valence-corrected chi connectivity index (χ4v) is 4.47. The summed E-state index contributed by atoms with van der Waals surface area (Å²) in [6.45, 7) is 2.30. The maximum absolute atomic E-state index is 12.6. The minimum atomic E-state index is -0.898. The summed E-state index contributed by atoms with van der Waals surface area (Å²) >= 11 is 0. The molecule has 4 nitrogen and oxygen atoms in total. The van der Waals surface area contributed by atoms with E-state index in [9.17, 15) is 9.90 Å². The van der Waals surface area contributed by atoms with E-state index in [1.54, 1.807) is 0 Å². The number of rotatable bonds is 4. The van der Waals surface area contributed by atoms with E-state index in [0.717, 1.165) is 39.8 Å². The molecule has 0 bridgehead atoms. The van der Waals surface area contributed by atoms with Gasteiger partial charge in [0.1, 0.15) is 0 Å². The zero-order valence-electron chi connectivity index (χ0n) is 16.0. The number of carboxylic acid groups (broad SMARTS) is 1. The summed E-state index contributed by atoms with van der Waals surface area (Å²) in [5, 5.41) is 10.3. The van der Waals surface area contributed by atoms with Crippen molar-refractivity contribution in [2.45, 2.75) is 19.3 Å². The van der Waals surface area contributed by atoms with E-state index in [4.69, 9.17) is 9.47 Å². The molecule has 1 aliphatic carbocycles. The molecule has 3 aromatic rings. The van der Waals surface area contributed by atoms with E-state index in [1.807, 2.05) is 60.7 Å². The van der Waals surface area contributed by atoms with Gasteiger partial charge in [-0.05, 0) is 46.4 Å². The standard InChI is InChI=1S/C25H20O4/c1-2-15-9-6-10-18-21(15)23(16-7-4-3-5-8-16)24(25(26)27)22(18)17-11-12-19-20(13-17)29-14-28-19/h3-13,22H,2,14H2,1H3,(H,26,27). The number of hydrogen-bond donors (Lipinski definition) is 1. The highest BCUT2D eigenvalue weighted by molar-refractivity contribution is 6.07. The Morgan fingerprint density at radius 2 is 1.79 bits per heavy atom. The fourth-order valence-electron chi connectivity index (χ4n) is 4.47. The van der Waals surface area contributed by atoms with Crippen LogP contribution in [0.2, 0.25) is 0 Å². The molecular formula is C25H20O4. The normalized spacial score (nSPS) is 16.8. The lowest BCUT2D eigenvalue weighted by Crippen LogP contribution is -2.10. The number of ether oxygens (including phenoxy) is 2. The molecule has 2 aliphatic rings. The molecule has 0 aromatic heterocycles. The molecule has 5 rings (SSSR count). The average molecular weight is 384 g/mol. The number of benzene rings is 3. The van der Waals surface area contributed by atoms with Crippen molar-refractivity contribution >= 4 is 11.5 Å². The molecule has 4 heteroatoms. The van der Waals surface area contributed by atoms with Gasteiger partial charge in [-0.1, -0.05) is 61.5 Å². The highest BCUT2D eigenvalue weighted by Gasteiger charge is 2.38. The molecular weight excluding hydrogens is 364 g/mol. The number of aryl methyl sites for hydroxylation is 1. The lowest BCUT2D eigenvalue weighted by molar-refractivity contribution is -0.132. The third-order valence-corrected chi connectivity index (χ3v) is 5.71. The topological polar surface area (TPSA) is 55.8 Å². The Kier molecular flexibility index (Phi) is 4.13. The predicted molar refractivity (Wildman–Crippen MR) is 110 cm³/mol. The molecule has 1 unspecified atom stereocenters. The summed E-state index contributed by atoms with van der Waals surface area (Å²) in [7, 11) is 0. The molecule has 0 fully saturated rings. The molecule has 0 radical (unpaired) electrons. The smallest absolute Gasteiger partial charge is 0.333 e. The summed E-state index contributed by atoms with van der Waals surface area (Å²) in [5.41, 5.74) is 6.27. The first kappa shape index (κ1) is 17.6. The Balaban J connectivity index is 1.81. The van der Waals surface area contributed by atoms with Gasteiger partial charge >= 0.3 is 5.97 Å². The minimum absolute atomic E-state index is 0.191. The van der Waals surface area contributed by atoms with Gasteiger partial charge in [-0.2, -0.15) is 0 Å². The molecule has 29 heavy (non-hydrogen) atoms. The molecule has 1 atom stereocenters. The lowest BCUT2D eigenvalue weighted by atomic mass is 9.87. The molecule has 0 amide bonds. The van der Waals surface area contributed by atoms with Crippen LogP contribution in [-0.2, 0) is 11.2 Å². The lowest BCUT2D eigenvalue weighted by Gasteiger charge is -2.16. The molecule has 0 saturated heterocycles. The second-order valence-corrected chi connectivity index (χ2v) is 7.24. The van der Waals surface area contributed by atoms with Crippen LogP contribution < -0.4 is 9.47 Å². The van der Waals surface area contributed by atoms with Gasteiger partial charge < -0.3 is 14.6 Å². The van der Waals surface area contributed by atoms with Gasteiger partial charge in [0, 0.05) is 11.5 Å². The van der Waals surface area contributed by atoms with E-state index >= 15 is 0 Å². The van der Waals surface area contributed by atoms with Crippen molar-refractivity contribution in [2.75, 3.05) is 6.79 Å². The molecule has 1 heterocycles. The SMILES string of the molecule is CCc1cccc2c1C(c1ccccc1)=C(C(=O)O)C2c1ccc2c(c1)OCO2. The first-order valence-corrected chi connectivity index (χ1v) is 9.73. The van der Waals surface area contributed by atoms with Crippen LogP contribution in [0, 0.1) is 0 Å². The van der Waals surface area contributed by atoms with Crippen LogP contribution in [0.4, 0.5) is 0 Å². The van der Waals surface area contributed by atoms with E-state index in [0.29, 0.717) is 17.1 Å². The largest absolute Gasteiger partial charge is 0.478 e. The van der Waals surface area contributed by atoms with Crippen molar-refractivity contribution < 1.29 is 19.4 Å². The van der Waals surface area contributed by atoms with Gasteiger partial charge in [0.2, 0.25) is 6.79 Å². The molecule has 3 aromatic carbocycles. The van der Waals surface area contributed by atoms with Crippen molar-refractivity contribution in [3.63, 3.8) is 0 Å². The quantitative estimate of drug-likeness (QED) is 0.687. The Hall–Kier alpha value is -3.53. The van der Waals surface area contributed by atoms with Gasteiger partial charge in [-0.25, -0.2) is 4.79 Å². The number of carboxylic acids is 1. The first-order chi connectivity index (χ1) is 14.2. The van der Waals surface area contributed by atoms with Crippen molar-refractivity contribution in [1.82, 2.24) is 0 Å². The Labute approximate surface area is 169 Å². The van der Waals surface area contributed by atoms with E-state index in [1.165, 1.54) is 0 Å². The van der Waals surface area contributed by atoms with Crippen LogP contribution in [0.5, 0.6) is 11.5 Å². The predicted octanol–water partition coefficient (Wildman–Crippen LogP) is 5.01. The average Bonchev–Trinajstić information content (AvgIpc) is 3.36. The van der Waals surface area contributed by atoms with E-state index < -0.39 is 5.97 Å². The Bertz CT molecular complexity index is 1140. The maximum atomic E-state index is 12.6.